The van der Waals surface area contributed by atoms with Gasteiger partial charge in [-0.2, -0.15) is 0 Å². The number of hydrogen-bond acceptors (Lipinski definition) is 5. The zero-order chi connectivity index (χ0) is 20.8. The van der Waals surface area contributed by atoms with Gasteiger partial charge in [0.05, 0.1) is 25.4 Å². The second-order valence-corrected chi connectivity index (χ2v) is 7.92. The molecule has 1 atom stereocenters. The minimum absolute atomic E-state index is 0.709. The molecule has 2 N–H and O–H groups in total. The summed E-state index contributed by atoms with van der Waals surface area (Å²) >= 11 is 0. The Kier molecular flexibility index (Phi) is 6.70. The van der Waals surface area contributed by atoms with Crippen molar-refractivity contribution in [3.05, 3.63) is 48.5 Å². The first kappa shape index (κ1) is 20.5. The van der Waals surface area contributed by atoms with E-state index in [-0.39, 0.29) is 0 Å². The molecule has 1 aliphatic rings. The molecule has 3 aromatic rings. The number of methoxy groups -OCH3 is 2. The Morgan fingerprint density at radius 3 is 2.73 bits per heavy atom. The molecule has 5 nitrogen and oxygen atoms in total. The van der Waals surface area contributed by atoms with Crippen LogP contribution in [-0.2, 0) is 0 Å². The summed E-state index contributed by atoms with van der Waals surface area (Å²) in [4.78, 5) is 4.89. The molecule has 1 fully saturated rings. The third-order valence-corrected chi connectivity index (χ3v) is 5.90. The maximum Gasteiger partial charge on any atom is 0.161 e. The number of fused-ring (bicyclic) bond motifs is 1. The lowest BCUT2D eigenvalue weighted by molar-refractivity contribution is 0.353. The number of anilines is 1. The second-order valence-electron chi connectivity index (χ2n) is 7.92. The van der Waals surface area contributed by atoms with Crippen molar-refractivity contribution in [3.63, 3.8) is 0 Å². The summed E-state index contributed by atoms with van der Waals surface area (Å²) in [7, 11) is 3.31. The summed E-state index contributed by atoms with van der Waals surface area (Å²) in [5, 5.41) is 8.34. The fourth-order valence-electron chi connectivity index (χ4n) is 4.25. The Labute approximate surface area is 178 Å². The van der Waals surface area contributed by atoms with Gasteiger partial charge in [0.2, 0.25) is 0 Å². The van der Waals surface area contributed by atoms with Crippen LogP contribution in [-0.4, -0.2) is 38.8 Å². The van der Waals surface area contributed by atoms with E-state index in [9.17, 15) is 0 Å². The number of nitrogens with zero attached hydrogens (tertiary/aromatic N) is 1. The number of hydrogen-bond donors (Lipinski definition) is 2. The first-order chi connectivity index (χ1) is 14.8. The van der Waals surface area contributed by atoms with Crippen LogP contribution in [0.2, 0.25) is 0 Å². The van der Waals surface area contributed by atoms with Gasteiger partial charge in [0.1, 0.15) is 0 Å². The highest BCUT2D eigenvalue weighted by Crippen LogP contribution is 2.34. The van der Waals surface area contributed by atoms with Crippen molar-refractivity contribution in [3.8, 4) is 22.8 Å². The minimum Gasteiger partial charge on any atom is -0.493 e. The lowest BCUT2D eigenvalue weighted by Gasteiger charge is -2.22. The lowest BCUT2D eigenvalue weighted by atomic mass is 9.95. The average Bonchev–Trinajstić information content (AvgIpc) is 2.81. The summed E-state index contributed by atoms with van der Waals surface area (Å²) in [5.74, 6) is 2.25. The number of rotatable bonds is 8. The predicted molar refractivity (Wildman–Crippen MR) is 124 cm³/mol. The van der Waals surface area contributed by atoms with Crippen LogP contribution in [0.25, 0.3) is 22.2 Å². The lowest BCUT2D eigenvalue weighted by Crippen LogP contribution is -2.29. The molecule has 5 heteroatoms. The van der Waals surface area contributed by atoms with Crippen LogP contribution in [0.15, 0.2) is 48.5 Å². The number of para-hydroxylation sites is 1. The van der Waals surface area contributed by atoms with E-state index in [4.69, 9.17) is 14.5 Å². The first-order valence-electron chi connectivity index (χ1n) is 10.9. The standard InChI is InChI=1S/C25H31N3O2/c1-29-24-12-11-19(15-25(24)30-2)22-16-23(20-9-3-4-10-21(20)28-22)27-14-6-8-18-7-5-13-26-17-18/h3-4,9-12,15-16,18,26H,5-8,13-14,17H2,1-2H3,(H,27,28). The van der Waals surface area contributed by atoms with E-state index in [0.29, 0.717) is 5.75 Å². The van der Waals surface area contributed by atoms with Crippen LogP contribution in [0, 0.1) is 5.92 Å². The smallest absolute Gasteiger partial charge is 0.161 e. The van der Waals surface area contributed by atoms with Crippen LogP contribution in [0.1, 0.15) is 25.7 Å². The molecule has 1 saturated heterocycles. The highest BCUT2D eigenvalue weighted by atomic mass is 16.5. The van der Waals surface area contributed by atoms with Gasteiger partial charge in [-0.05, 0) is 75.0 Å². The third-order valence-electron chi connectivity index (χ3n) is 5.90. The molecule has 0 aliphatic carbocycles. The number of aromatic nitrogens is 1. The van der Waals surface area contributed by atoms with Gasteiger partial charge in [0, 0.05) is 23.2 Å². The van der Waals surface area contributed by atoms with Gasteiger partial charge in [-0.15, -0.1) is 0 Å². The summed E-state index contributed by atoms with van der Waals surface area (Å²) in [6.07, 6.45) is 5.11. The van der Waals surface area contributed by atoms with Crippen LogP contribution < -0.4 is 20.1 Å². The van der Waals surface area contributed by atoms with Crippen LogP contribution in [0.4, 0.5) is 5.69 Å². The molecule has 158 valence electrons. The van der Waals surface area contributed by atoms with Crippen molar-refractivity contribution in [2.45, 2.75) is 25.7 Å². The summed E-state index contributed by atoms with van der Waals surface area (Å²) in [5.41, 5.74) is 4.05. The molecule has 30 heavy (non-hydrogen) atoms. The van der Waals surface area contributed by atoms with Gasteiger partial charge in [0.15, 0.2) is 11.5 Å². The Hall–Kier alpha value is -2.79. The number of pyridine rings is 1. The molecule has 1 unspecified atom stereocenters. The van der Waals surface area contributed by atoms with Crippen LogP contribution >= 0.6 is 0 Å². The number of nitrogens with one attached hydrogen (secondary N) is 2. The van der Waals surface area contributed by atoms with E-state index in [1.54, 1.807) is 14.2 Å². The zero-order valence-corrected chi connectivity index (χ0v) is 17.9. The highest BCUT2D eigenvalue weighted by molar-refractivity contribution is 5.93. The van der Waals surface area contributed by atoms with Crippen molar-refractivity contribution in [2.24, 2.45) is 5.92 Å². The molecule has 1 aliphatic heterocycles. The Morgan fingerprint density at radius 2 is 1.93 bits per heavy atom. The van der Waals surface area contributed by atoms with Crippen molar-refractivity contribution in [1.29, 1.82) is 0 Å². The zero-order valence-electron chi connectivity index (χ0n) is 17.9. The molecule has 2 heterocycles. The SMILES string of the molecule is COc1ccc(-c2cc(NCCCC3CCCNC3)c3ccccc3n2)cc1OC. The normalized spacial score (nSPS) is 16.4. The Morgan fingerprint density at radius 1 is 1.07 bits per heavy atom. The average molecular weight is 406 g/mol. The molecule has 0 amide bonds. The van der Waals surface area contributed by atoms with E-state index in [2.05, 4.69) is 34.9 Å². The second kappa shape index (κ2) is 9.81. The van der Waals surface area contributed by atoms with Gasteiger partial charge < -0.3 is 20.1 Å². The van der Waals surface area contributed by atoms with Crippen molar-refractivity contribution in [2.75, 3.05) is 39.2 Å². The van der Waals surface area contributed by atoms with Gasteiger partial charge in [-0.1, -0.05) is 18.2 Å². The molecular formula is C25H31N3O2. The molecule has 0 radical (unpaired) electrons. The third kappa shape index (κ3) is 4.68. The molecular weight excluding hydrogens is 374 g/mol. The molecule has 2 aromatic carbocycles. The van der Waals surface area contributed by atoms with Gasteiger partial charge in [-0.25, -0.2) is 4.98 Å². The topological polar surface area (TPSA) is 55.4 Å². The van der Waals surface area contributed by atoms with Gasteiger partial charge in [-0.3, -0.25) is 0 Å². The van der Waals surface area contributed by atoms with E-state index in [1.165, 1.54) is 38.8 Å². The largest absolute Gasteiger partial charge is 0.493 e. The maximum atomic E-state index is 5.48. The maximum absolute atomic E-state index is 5.48. The Bertz CT molecular complexity index is 983. The highest BCUT2D eigenvalue weighted by Gasteiger charge is 2.13. The molecule has 0 saturated carbocycles. The first-order valence-corrected chi connectivity index (χ1v) is 10.9. The summed E-state index contributed by atoms with van der Waals surface area (Å²) < 4.78 is 10.9. The number of piperidine rings is 1. The predicted octanol–water partition coefficient (Wildman–Crippen LogP) is 5.11. The molecule has 0 spiro atoms. The summed E-state index contributed by atoms with van der Waals surface area (Å²) in [6.45, 7) is 3.31. The Balaban J connectivity index is 1.55. The van der Waals surface area contributed by atoms with Crippen molar-refractivity contribution in [1.82, 2.24) is 10.3 Å². The van der Waals surface area contributed by atoms with E-state index in [1.807, 2.05) is 24.3 Å². The molecule has 4 rings (SSSR count). The number of benzene rings is 2. The molecule has 1 aromatic heterocycles. The van der Waals surface area contributed by atoms with Gasteiger partial charge in [0.25, 0.3) is 0 Å². The van der Waals surface area contributed by atoms with E-state index >= 15 is 0 Å². The molecule has 0 bridgehead atoms. The fourth-order valence-corrected chi connectivity index (χ4v) is 4.25. The van der Waals surface area contributed by atoms with E-state index < -0.39 is 0 Å². The quantitative estimate of drug-likeness (QED) is 0.510. The van der Waals surface area contributed by atoms with Crippen LogP contribution in [0.5, 0.6) is 11.5 Å². The van der Waals surface area contributed by atoms with Gasteiger partial charge >= 0.3 is 0 Å². The van der Waals surface area contributed by atoms with Crippen molar-refractivity contribution < 1.29 is 9.47 Å². The summed E-state index contributed by atoms with van der Waals surface area (Å²) in [6, 6.07) is 16.4. The number of ether oxygens (including phenoxy) is 2. The van der Waals surface area contributed by atoms with Crippen LogP contribution in [0.3, 0.4) is 0 Å². The minimum atomic E-state index is 0.709. The monoisotopic (exact) mass is 405 g/mol. The van der Waals surface area contributed by atoms with Crippen molar-refractivity contribution >= 4 is 16.6 Å². The van der Waals surface area contributed by atoms with E-state index in [0.717, 1.165) is 46.1 Å². The fraction of sp³-hybridized carbons (Fsp3) is 0.400.